The Labute approximate surface area is 169 Å². The molecule has 1 aliphatic carbocycles. The average molecular weight is 395 g/mol. The average Bonchev–Trinajstić information content (AvgIpc) is 3.34. The van der Waals surface area contributed by atoms with E-state index in [1.807, 2.05) is 31.2 Å². The smallest absolute Gasteiger partial charge is 0.200 e. The summed E-state index contributed by atoms with van der Waals surface area (Å²) in [5.41, 5.74) is 2.76. The molecule has 0 bridgehead atoms. The number of methoxy groups -OCH3 is 1. The van der Waals surface area contributed by atoms with Gasteiger partial charge in [0.15, 0.2) is 11.5 Å². The standard InChI is InChI=1S/C21H25N5O3/c1-13-7-16(21-23-22-12-26(21)24-13)25-10-14-8-17(27)20(9-15(14)11-25)29-19-6-4-3-5-18(19)28-2/h3-7,12,14-15,17,20,27H,8-11H2,1-2H3/t14-,15+,17+,20+/m0/s1. The number of ether oxygens (including phenoxy) is 2. The van der Waals surface area contributed by atoms with Gasteiger partial charge >= 0.3 is 0 Å². The van der Waals surface area contributed by atoms with Crippen molar-refractivity contribution in [3.63, 3.8) is 0 Å². The molecule has 1 saturated carbocycles. The van der Waals surface area contributed by atoms with Crippen LogP contribution in [0.5, 0.6) is 11.5 Å². The Morgan fingerprint density at radius 2 is 1.86 bits per heavy atom. The van der Waals surface area contributed by atoms with E-state index in [-0.39, 0.29) is 6.10 Å². The van der Waals surface area contributed by atoms with Gasteiger partial charge in [-0.15, -0.1) is 10.2 Å². The number of fused-ring (bicyclic) bond motifs is 2. The van der Waals surface area contributed by atoms with Gasteiger partial charge in [0.2, 0.25) is 5.65 Å². The monoisotopic (exact) mass is 395 g/mol. The first-order valence-electron chi connectivity index (χ1n) is 10.0. The number of nitrogens with zero attached hydrogens (tertiary/aromatic N) is 5. The van der Waals surface area contributed by atoms with Crippen LogP contribution in [0.1, 0.15) is 18.5 Å². The van der Waals surface area contributed by atoms with Crippen LogP contribution < -0.4 is 14.4 Å². The number of benzene rings is 1. The molecule has 1 aliphatic heterocycles. The lowest BCUT2D eigenvalue weighted by atomic mass is 9.78. The summed E-state index contributed by atoms with van der Waals surface area (Å²) in [7, 11) is 1.63. The molecule has 8 heteroatoms. The second kappa shape index (κ2) is 7.18. The van der Waals surface area contributed by atoms with E-state index < -0.39 is 6.10 Å². The van der Waals surface area contributed by atoms with Crippen molar-refractivity contribution >= 4 is 11.3 Å². The summed E-state index contributed by atoms with van der Waals surface area (Å²) in [5, 5.41) is 23.5. The van der Waals surface area contributed by atoms with Gasteiger partial charge in [0.1, 0.15) is 12.4 Å². The van der Waals surface area contributed by atoms with Gasteiger partial charge in [-0.3, -0.25) is 0 Å². The van der Waals surface area contributed by atoms with Crippen molar-refractivity contribution in [2.75, 3.05) is 25.1 Å². The van der Waals surface area contributed by atoms with Crippen molar-refractivity contribution in [3.8, 4) is 11.5 Å². The maximum absolute atomic E-state index is 10.8. The number of aliphatic hydroxyl groups is 1. The molecule has 1 N–H and O–H groups in total. The molecule has 4 atom stereocenters. The molecule has 29 heavy (non-hydrogen) atoms. The van der Waals surface area contributed by atoms with Gasteiger partial charge in [-0.25, -0.2) is 0 Å². The lowest BCUT2D eigenvalue weighted by Gasteiger charge is -2.35. The van der Waals surface area contributed by atoms with Crippen LogP contribution in [-0.2, 0) is 0 Å². The molecule has 0 amide bonds. The molecule has 8 nitrogen and oxygen atoms in total. The number of rotatable bonds is 4. The van der Waals surface area contributed by atoms with Crippen LogP contribution in [0.25, 0.3) is 5.65 Å². The Morgan fingerprint density at radius 3 is 2.66 bits per heavy atom. The summed E-state index contributed by atoms with van der Waals surface area (Å²) in [6.45, 7) is 3.79. The molecule has 0 radical (unpaired) electrons. The van der Waals surface area contributed by atoms with Gasteiger partial charge in [-0.2, -0.15) is 9.61 Å². The molecule has 2 aliphatic rings. The minimum Gasteiger partial charge on any atom is -0.493 e. The van der Waals surface area contributed by atoms with Crippen LogP contribution in [0.2, 0.25) is 0 Å². The number of aromatic nitrogens is 4. The Morgan fingerprint density at radius 1 is 1.10 bits per heavy atom. The number of hydrogen-bond donors (Lipinski definition) is 1. The fraction of sp³-hybridized carbons (Fsp3) is 0.476. The van der Waals surface area contributed by atoms with E-state index in [1.165, 1.54) is 0 Å². The first kappa shape index (κ1) is 18.2. The maximum Gasteiger partial charge on any atom is 0.200 e. The van der Waals surface area contributed by atoms with Crippen molar-refractivity contribution in [1.82, 2.24) is 19.8 Å². The summed E-state index contributed by atoms with van der Waals surface area (Å²) in [5.74, 6) is 2.26. The molecule has 1 saturated heterocycles. The highest BCUT2D eigenvalue weighted by atomic mass is 16.5. The molecular formula is C21H25N5O3. The Kier molecular flexibility index (Phi) is 4.50. The molecule has 2 aromatic heterocycles. The van der Waals surface area contributed by atoms with Crippen LogP contribution in [0.15, 0.2) is 36.7 Å². The largest absolute Gasteiger partial charge is 0.493 e. The predicted octanol–water partition coefficient (Wildman–Crippen LogP) is 2.10. The van der Waals surface area contributed by atoms with Crippen molar-refractivity contribution in [3.05, 3.63) is 42.4 Å². The summed E-state index contributed by atoms with van der Waals surface area (Å²) in [6, 6.07) is 9.67. The lowest BCUT2D eigenvalue weighted by molar-refractivity contribution is -0.0240. The summed E-state index contributed by atoms with van der Waals surface area (Å²) in [6.07, 6.45) is 2.45. The number of anilines is 1. The lowest BCUT2D eigenvalue weighted by Crippen LogP contribution is -2.42. The van der Waals surface area contributed by atoms with E-state index in [4.69, 9.17) is 9.47 Å². The van der Waals surface area contributed by atoms with E-state index >= 15 is 0 Å². The van der Waals surface area contributed by atoms with Crippen molar-refractivity contribution < 1.29 is 14.6 Å². The van der Waals surface area contributed by atoms with Gasteiger partial charge in [-0.1, -0.05) is 12.1 Å². The number of hydrogen-bond acceptors (Lipinski definition) is 7. The van der Waals surface area contributed by atoms with Crippen LogP contribution in [0.4, 0.5) is 5.69 Å². The summed E-state index contributed by atoms with van der Waals surface area (Å²) < 4.78 is 13.3. The quantitative estimate of drug-likeness (QED) is 0.724. The zero-order valence-electron chi connectivity index (χ0n) is 16.6. The molecule has 1 aromatic carbocycles. The van der Waals surface area contributed by atoms with Gasteiger partial charge in [0.25, 0.3) is 0 Å². The third-order valence-corrected chi connectivity index (χ3v) is 6.14. The zero-order valence-corrected chi connectivity index (χ0v) is 16.6. The van der Waals surface area contributed by atoms with Gasteiger partial charge in [-0.05, 0) is 49.8 Å². The Bertz CT molecular complexity index is 1020. The summed E-state index contributed by atoms with van der Waals surface area (Å²) in [4.78, 5) is 2.35. The normalized spacial score (nSPS) is 26.5. The number of aliphatic hydroxyl groups excluding tert-OH is 1. The van der Waals surface area contributed by atoms with E-state index in [0.717, 1.165) is 43.0 Å². The molecule has 5 rings (SSSR count). The first-order valence-corrected chi connectivity index (χ1v) is 10.0. The molecule has 2 fully saturated rings. The van der Waals surface area contributed by atoms with Crippen LogP contribution >= 0.6 is 0 Å². The highest BCUT2D eigenvalue weighted by Crippen LogP contribution is 2.41. The third kappa shape index (κ3) is 3.27. The SMILES string of the molecule is COc1ccccc1O[C@@H]1C[C@@H]2CN(c3cc(C)nn4cnnc34)C[C@@H]2C[C@H]1O. The molecule has 0 spiro atoms. The minimum absolute atomic E-state index is 0.236. The van der Waals surface area contributed by atoms with Crippen LogP contribution in [-0.4, -0.2) is 57.3 Å². The van der Waals surface area contributed by atoms with Crippen LogP contribution in [0, 0.1) is 18.8 Å². The first-order chi connectivity index (χ1) is 14.1. The zero-order chi connectivity index (χ0) is 20.0. The highest BCUT2D eigenvalue weighted by Gasteiger charge is 2.43. The minimum atomic E-state index is -0.492. The second-order valence-electron chi connectivity index (χ2n) is 8.04. The van der Waals surface area contributed by atoms with E-state index in [2.05, 4.69) is 26.3 Å². The fourth-order valence-electron chi connectivity index (χ4n) is 4.76. The van der Waals surface area contributed by atoms with E-state index in [9.17, 15) is 5.11 Å². The second-order valence-corrected chi connectivity index (χ2v) is 8.04. The number of para-hydroxylation sites is 2. The van der Waals surface area contributed by atoms with Gasteiger partial charge < -0.3 is 19.5 Å². The molecule has 3 aromatic rings. The molecule has 0 unspecified atom stereocenters. The highest BCUT2D eigenvalue weighted by molar-refractivity contribution is 5.68. The van der Waals surface area contributed by atoms with Crippen molar-refractivity contribution in [1.29, 1.82) is 0 Å². The molecular weight excluding hydrogens is 370 g/mol. The predicted molar refractivity (Wildman–Crippen MR) is 107 cm³/mol. The van der Waals surface area contributed by atoms with Gasteiger partial charge in [0.05, 0.1) is 24.6 Å². The third-order valence-electron chi connectivity index (χ3n) is 6.14. The molecule has 3 heterocycles. The van der Waals surface area contributed by atoms with Crippen molar-refractivity contribution in [2.45, 2.75) is 32.0 Å². The van der Waals surface area contributed by atoms with Gasteiger partial charge in [0, 0.05) is 13.1 Å². The topological polar surface area (TPSA) is 85.0 Å². The van der Waals surface area contributed by atoms with E-state index in [0.29, 0.717) is 23.3 Å². The van der Waals surface area contributed by atoms with Crippen molar-refractivity contribution in [2.24, 2.45) is 11.8 Å². The Hall–Kier alpha value is -2.87. The Balaban J connectivity index is 1.35. The fourth-order valence-corrected chi connectivity index (χ4v) is 4.76. The maximum atomic E-state index is 10.8. The summed E-state index contributed by atoms with van der Waals surface area (Å²) >= 11 is 0. The van der Waals surface area contributed by atoms with Crippen LogP contribution in [0.3, 0.4) is 0 Å². The van der Waals surface area contributed by atoms with E-state index in [1.54, 1.807) is 18.0 Å². The molecule has 152 valence electrons. The number of aryl methyl sites for hydroxylation is 1.